The van der Waals surface area contributed by atoms with Gasteiger partial charge in [-0.05, 0) is 58.1 Å². The van der Waals surface area contributed by atoms with E-state index < -0.39 is 5.60 Å². The number of nitrogens with zero attached hydrogens (tertiary/aromatic N) is 1. The van der Waals surface area contributed by atoms with E-state index in [0.29, 0.717) is 12.0 Å². The second-order valence-corrected chi connectivity index (χ2v) is 7.42. The van der Waals surface area contributed by atoms with Crippen molar-refractivity contribution in [2.24, 2.45) is 0 Å². The molecule has 2 heterocycles. The average molecular weight is 317 g/mol. The highest BCUT2D eigenvalue weighted by Crippen LogP contribution is 2.38. The van der Waals surface area contributed by atoms with Crippen LogP contribution in [0.5, 0.6) is 0 Å². The number of piperidine rings is 1. The van der Waals surface area contributed by atoms with Gasteiger partial charge in [-0.2, -0.15) is 0 Å². The second-order valence-electron chi connectivity index (χ2n) is 7.42. The van der Waals surface area contributed by atoms with Gasteiger partial charge in [-0.1, -0.05) is 24.3 Å². The number of halogens is 1. The van der Waals surface area contributed by atoms with Crippen molar-refractivity contribution < 1.29 is 13.9 Å². The van der Waals surface area contributed by atoms with Crippen molar-refractivity contribution in [1.29, 1.82) is 0 Å². The fourth-order valence-electron chi connectivity index (χ4n) is 3.55. The molecule has 2 aliphatic heterocycles. The molecule has 0 N–H and O–H groups in total. The Bertz CT molecular complexity index is 633. The van der Waals surface area contributed by atoms with Gasteiger partial charge >= 0.3 is 6.09 Å². The van der Waals surface area contributed by atoms with Gasteiger partial charge in [0.25, 0.3) is 0 Å². The predicted molar refractivity (Wildman–Crippen MR) is 88.5 cm³/mol. The molecular weight excluding hydrogens is 293 g/mol. The van der Waals surface area contributed by atoms with E-state index >= 15 is 0 Å². The molecule has 1 amide bonds. The summed E-state index contributed by atoms with van der Waals surface area (Å²) in [5, 5.41) is 0. The molecule has 4 heteroatoms. The molecule has 0 saturated carbocycles. The lowest BCUT2D eigenvalue weighted by Gasteiger charge is -2.45. The van der Waals surface area contributed by atoms with E-state index in [-0.39, 0.29) is 24.0 Å². The minimum Gasteiger partial charge on any atom is -0.444 e. The monoisotopic (exact) mass is 317 g/mol. The van der Waals surface area contributed by atoms with Gasteiger partial charge in [0.1, 0.15) is 11.4 Å². The van der Waals surface area contributed by atoms with E-state index in [0.717, 1.165) is 24.8 Å². The first-order chi connectivity index (χ1) is 10.8. The van der Waals surface area contributed by atoms with Crippen LogP contribution in [0.1, 0.15) is 52.0 Å². The van der Waals surface area contributed by atoms with Crippen LogP contribution in [0.25, 0.3) is 5.57 Å². The third-order valence-corrected chi connectivity index (χ3v) is 4.46. The maximum atomic E-state index is 14.1. The minimum absolute atomic E-state index is 0.00644. The second kappa shape index (κ2) is 5.99. The Kier molecular flexibility index (Phi) is 4.17. The number of carbonyl (C=O) groups is 1. The zero-order valence-corrected chi connectivity index (χ0v) is 14.0. The van der Waals surface area contributed by atoms with E-state index in [2.05, 4.69) is 6.08 Å². The number of hydrogen-bond donors (Lipinski definition) is 0. The van der Waals surface area contributed by atoms with Crippen molar-refractivity contribution in [2.45, 2.75) is 64.1 Å². The summed E-state index contributed by atoms with van der Waals surface area (Å²) in [6.45, 7) is 5.64. The molecular formula is C19H24FNO2. The van der Waals surface area contributed by atoms with Gasteiger partial charge in [0.2, 0.25) is 0 Å². The summed E-state index contributed by atoms with van der Waals surface area (Å²) in [5.41, 5.74) is 1.17. The van der Waals surface area contributed by atoms with E-state index in [9.17, 15) is 9.18 Å². The van der Waals surface area contributed by atoms with Crippen molar-refractivity contribution in [2.75, 3.05) is 0 Å². The molecule has 2 bridgehead atoms. The van der Waals surface area contributed by atoms with Crippen LogP contribution in [-0.2, 0) is 4.74 Å². The summed E-state index contributed by atoms with van der Waals surface area (Å²) in [6.07, 6.45) is 5.44. The maximum Gasteiger partial charge on any atom is 0.411 e. The van der Waals surface area contributed by atoms with Crippen molar-refractivity contribution in [3.63, 3.8) is 0 Å². The standard InChI is InChI=1S/C19H24FNO2/c1-19(2,3)23-18(22)21-14-7-6-8-15(21)12-13(11-14)16-9-4-5-10-17(16)20/h4-5,9-11,14-15H,6-8,12H2,1-3H3. The maximum absolute atomic E-state index is 14.1. The molecule has 1 fully saturated rings. The van der Waals surface area contributed by atoms with Gasteiger partial charge in [0, 0.05) is 11.6 Å². The van der Waals surface area contributed by atoms with E-state index in [1.165, 1.54) is 6.07 Å². The Morgan fingerprint density at radius 1 is 1.26 bits per heavy atom. The predicted octanol–water partition coefficient (Wildman–Crippen LogP) is 4.77. The molecule has 1 aromatic carbocycles. The van der Waals surface area contributed by atoms with Crippen molar-refractivity contribution >= 4 is 11.7 Å². The third kappa shape index (κ3) is 3.41. The van der Waals surface area contributed by atoms with E-state index in [1.54, 1.807) is 6.07 Å². The zero-order valence-electron chi connectivity index (χ0n) is 14.0. The number of amides is 1. The van der Waals surface area contributed by atoms with Crippen LogP contribution < -0.4 is 0 Å². The first-order valence-electron chi connectivity index (χ1n) is 8.32. The van der Waals surface area contributed by atoms with Crippen LogP contribution in [0.3, 0.4) is 0 Å². The molecule has 0 spiro atoms. The molecule has 2 aliphatic rings. The van der Waals surface area contributed by atoms with Crippen LogP contribution in [0.15, 0.2) is 30.3 Å². The molecule has 0 radical (unpaired) electrons. The Labute approximate surface area is 137 Å². The Morgan fingerprint density at radius 2 is 2.00 bits per heavy atom. The van der Waals surface area contributed by atoms with Gasteiger partial charge in [-0.25, -0.2) is 9.18 Å². The van der Waals surface area contributed by atoms with E-state index in [4.69, 9.17) is 4.74 Å². The third-order valence-electron chi connectivity index (χ3n) is 4.46. The van der Waals surface area contributed by atoms with Gasteiger partial charge in [0.05, 0.1) is 6.04 Å². The number of benzene rings is 1. The fraction of sp³-hybridized carbons (Fsp3) is 0.526. The highest BCUT2D eigenvalue weighted by Gasteiger charge is 2.39. The quantitative estimate of drug-likeness (QED) is 0.746. The van der Waals surface area contributed by atoms with Gasteiger partial charge in [-0.3, -0.25) is 4.90 Å². The van der Waals surface area contributed by atoms with Crippen LogP contribution in [0, 0.1) is 5.82 Å². The Morgan fingerprint density at radius 3 is 2.65 bits per heavy atom. The number of ether oxygens (including phenoxy) is 1. The number of rotatable bonds is 1. The molecule has 23 heavy (non-hydrogen) atoms. The van der Waals surface area contributed by atoms with Crippen molar-refractivity contribution in [1.82, 2.24) is 4.90 Å². The number of hydrogen-bond acceptors (Lipinski definition) is 2. The summed E-state index contributed by atoms with van der Waals surface area (Å²) < 4.78 is 19.6. The summed E-state index contributed by atoms with van der Waals surface area (Å²) in [7, 11) is 0. The van der Waals surface area contributed by atoms with Crippen LogP contribution in [0.2, 0.25) is 0 Å². The summed E-state index contributed by atoms with van der Waals surface area (Å²) in [5.74, 6) is -0.192. The van der Waals surface area contributed by atoms with Crippen LogP contribution in [-0.4, -0.2) is 28.7 Å². The van der Waals surface area contributed by atoms with Gasteiger partial charge < -0.3 is 4.74 Å². The molecule has 1 aromatic rings. The lowest BCUT2D eigenvalue weighted by Crippen LogP contribution is -2.53. The molecule has 3 rings (SSSR count). The highest BCUT2D eigenvalue weighted by atomic mass is 19.1. The average Bonchev–Trinajstić information content (AvgIpc) is 2.44. The summed E-state index contributed by atoms with van der Waals surface area (Å²) in [6, 6.07) is 6.98. The summed E-state index contributed by atoms with van der Waals surface area (Å²) >= 11 is 0. The summed E-state index contributed by atoms with van der Waals surface area (Å²) in [4.78, 5) is 14.4. The smallest absolute Gasteiger partial charge is 0.411 e. The fourth-order valence-corrected chi connectivity index (χ4v) is 3.55. The van der Waals surface area contributed by atoms with E-state index in [1.807, 2.05) is 37.8 Å². The first kappa shape index (κ1) is 16.0. The lowest BCUT2D eigenvalue weighted by molar-refractivity contribution is 0.0000789. The van der Waals surface area contributed by atoms with Gasteiger partial charge in [-0.15, -0.1) is 0 Å². The normalized spacial score (nSPS) is 24.2. The Hall–Kier alpha value is -1.84. The largest absolute Gasteiger partial charge is 0.444 e. The molecule has 0 aliphatic carbocycles. The van der Waals surface area contributed by atoms with Crippen LogP contribution >= 0.6 is 0 Å². The molecule has 124 valence electrons. The lowest BCUT2D eigenvalue weighted by atomic mass is 9.83. The topological polar surface area (TPSA) is 29.5 Å². The SMILES string of the molecule is CC(C)(C)OC(=O)N1C2C=C(c3ccccc3F)CC1CCC2. The Balaban J connectivity index is 1.88. The number of fused-ring (bicyclic) bond motifs is 2. The molecule has 0 aromatic heterocycles. The van der Waals surface area contributed by atoms with Crippen molar-refractivity contribution in [3.8, 4) is 0 Å². The van der Waals surface area contributed by atoms with Crippen molar-refractivity contribution in [3.05, 3.63) is 41.7 Å². The first-order valence-corrected chi connectivity index (χ1v) is 8.32. The zero-order chi connectivity index (χ0) is 16.6. The molecule has 2 atom stereocenters. The molecule has 2 unspecified atom stereocenters. The van der Waals surface area contributed by atoms with Crippen LogP contribution in [0.4, 0.5) is 9.18 Å². The van der Waals surface area contributed by atoms with Gasteiger partial charge in [0.15, 0.2) is 0 Å². The minimum atomic E-state index is -0.499. The number of carbonyl (C=O) groups excluding carboxylic acids is 1. The molecule has 3 nitrogen and oxygen atoms in total. The highest BCUT2D eigenvalue weighted by molar-refractivity contribution is 5.75. The molecule has 1 saturated heterocycles.